The zero-order valence-corrected chi connectivity index (χ0v) is 19.0. The van der Waals surface area contributed by atoms with Crippen molar-refractivity contribution in [1.29, 1.82) is 0 Å². The van der Waals surface area contributed by atoms with Crippen molar-refractivity contribution in [2.24, 2.45) is 23.7 Å². The highest BCUT2D eigenvalue weighted by Gasteiger charge is 2.56. The van der Waals surface area contributed by atoms with Gasteiger partial charge in [-0.25, -0.2) is 4.79 Å². The molecule has 0 radical (unpaired) electrons. The van der Waals surface area contributed by atoms with Crippen LogP contribution in [0.2, 0.25) is 0 Å². The van der Waals surface area contributed by atoms with Crippen LogP contribution in [-0.2, 0) is 19.1 Å². The second kappa shape index (κ2) is 9.47. The summed E-state index contributed by atoms with van der Waals surface area (Å²) in [6.45, 7) is 10.4. The fourth-order valence-electron chi connectivity index (χ4n) is 5.50. The molecule has 6 atom stereocenters. The van der Waals surface area contributed by atoms with E-state index in [0.29, 0.717) is 18.3 Å². The summed E-state index contributed by atoms with van der Waals surface area (Å²) in [6.07, 6.45) is 6.36. The van der Waals surface area contributed by atoms with Crippen molar-refractivity contribution in [3.8, 4) is 0 Å². The van der Waals surface area contributed by atoms with Crippen LogP contribution in [-0.4, -0.2) is 29.6 Å². The fraction of sp³-hybridized carbons (Fsp3) is 0.615. The van der Waals surface area contributed by atoms with Gasteiger partial charge < -0.3 is 9.47 Å². The van der Waals surface area contributed by atoms with Gasteiger partial charge in [0.2, 0.25) is 0 Å². The van der Waals surface area contributed by atoms with Gasteiger partial charge >= 0.3 is 5.97 Å². The minimum Gasteiger partial charge on any atom is -0.459 e. The predicted molar refractivity (Wildman–Crippen MR) is 119 cm³/mol. The van der Waals surface area contributed by atoms with Gasteiger partial charge in [0.05, 0.1) is 6.10 Å². The molecule has 0 amide bonds. The van der Waals surface area contributed by atoms with Gasteiger partial charge in [0.1, 0.15) is 11.7 Å². The molecule has 1 saturated heterocycles. The first-order valence-electron chi connectivity index (χ1n) is 11.4. The first-order valence-corrected chi connectivity index (χ1v) is 11.4. The van der Waals surface area contributed by atoms with Gasteiger partial charge in [0.25, 0.3) is 0 Å². The Hall–Kier alpha value is -1.94. The van der Waals surface area contributed by atoms with Crippen LogP contribution in [0.25, 0.3) is 6.08 Å². The Morgan fingerprint density at radius 2 is 1.93 bits per heavy atom. The summed E-state index contributed by atoms with van der Waals surface area (Å²) >= 11 is 0. The number of ether oxygens (including phenoxy) is 2. The standard InChI is InChI=1S/C26H36O4/c1-17(2)15-21-16-23(27)26(5,30-21)22-13-11-18(3)25(22)19(4)29-24(28)14-12-20-9-7-6-8-10-20/h6-10,12,14,17-19,21-22,25H,11,13,15-16H2,1-5H3/b14-12+. The van der Waals surface area contributed by atoms with Gasteiger partial charge in [0, 0.05) is 24.3 Å². The highest BCUT2D eigenvalue weighted by atomic mass is 16.5. The van der Waals surface area contributed by atoms with Crippen LogP contribution in [0.4, 0.5) is 0 Å². The Morgan fingerprint density at radius 3 is 2.60 bits per heavy atom. The van der Waals surface area contributed by atoms with Crippen molar-refractivity contribution in [2.45, 2.75) is 78.1 Å². The minimum atomic E-state index is -0.768. The molecule has 3 rings (SSSR count). The van der Waals surface area contributed by atoms with E-state index in [9.17, 15) is 9.59 Å². The SMILES string of the molecule is CC(C)CC1CC(=O)C(C)(C2CCC(C)C2C(C)OC(=O)/C=C/c2ccccc2)O1. The number of hydrogen-bond acceptors (Lipinski definition) is 4. The van der Waals surface area contributed by atoms with Crippen LogP contribution in [0.1, 0.15) is 65.9 Å². The molecule has 6 unspecified atom stereocenters. The molecule has 1 saturated carbocycles. The molecule has 4 nitrogen and oxygen atoms in total. The number of esters is 1. The maximum Gasteiger partial charge on any atom is 0.331 e. The maximum atomic E-state index is 13.0. The largest absolute Gasteiger partial charge is 0.459 e. The van der Waals surface area contributed by atoms with E-state index in [2.05, 4.69) is 20.8 Å². The number of rotatable bonds is 7. The topological polar surface area (TPSA) is 52.6 Å². The first-order chi connectivity index (χ1) is 14.2. The van der Waals surface area contributed by atoms with Crippen LogP contribution < -0.4 is 0 Å². The van der Waals surface area contributed by atoms with Gasteiger partial charge in [-0.1, -0.05) is 51.1 Å². The van der Waals surface area contributed by atoms with Gasteiger partial charge in [-0.2, -0.15) is 0 Å². The Balaban J connectivity index is 1.68. The molecule has 1 heterocycles. The zero-order chi connectivity index (χ0) is 21.9. The quantitative estimate of drug-likeness (QED) is 0.441. The normalized spacial score (nSPS) is 32.8. The van der Waals surface area contributed by atoms with Gasteiger partial charge in [-0.3, -0.25) is 4.79 Å². The summed E-state index contributed by atoms with van der Waals surface area (Å²) in [5.74, 6) is 0.947. The summed E-state index contributed by atoms with van der Waals surface area (Å²) in [4.78, 5) is 25.4. The summed E-state index contributed by atoms with van der Waals surface area (Å²) < 4.78 is 12.2. The van der Waals surface area contributed by atoms with E-state index in [0.717, 1.165) is 24.8 Å². The lowest BCUT2D eigenvalue weighted by Crippen LogP contribution is -2.46. The lowest BCUT2D eigenvalue weighted by atomic mass is 9.75. The molecule has 2 fully saturated rings. The molecule has 2 aliphatic rings. The Labute approximate surface area is 181 Å². The molecule has 0 aromatic heterocycles. The molecule has 0 N–H and O–H groups in total. The van der Waals surface area contributed by atoms with E-state index in [-0.39, 0.29) is 35.8 Å². The molecule has 1 aromatic carbocycles. The second-order valence-corrected chi connectivity index (χ2v) is 9.73. The maximum absolute atomic E-state index is 13.0. The number of ketones is 1. The van der Waals surface area contributed by atoms with Gasteiger partial charge in [0.15, 0.2) is 5.78 Å². The molecule has 1 aliphatic carbocycles. The molecule has 0 bridgehead atoms. The predicted octanol–water partition coefficient (Wildman–Crippen LogP) is 5.46. The highest BCUT2D eigenvalue weighted by Crippen LogP contribution is 2.50. The molecule has 30 heavy (non-hydrogen) atoms. The van der Waals surface area contributed by atoms with Crippen molar-refractivity contribution in [3.63, 3.8) is 0 Å². The minimum absolute atomic E-state index is 0.00529. The van der Waals surface area contributed by atoms with Crippen molar-refractivity contribution in [3.05, 3.63) is 42.0 Å². The summed E-state index contributed by atoms with van der Waals surface area (Å²) in [6, 6.07) is 9.70. The zero-order valence-electron chi connectivity index (χ0n) is 19.0. The van der Waals surface area contributed by atoms with Crippen LogP contribution in [0.3, 0.4) is 0 Å². The van der Waals surface area contributed by atoms with Crippen LogP contribution in [0.5, 0.6) is 0 Å². The Morgan fingerprint density at radius 1 is 1.23 bits per heavy atom. The van der Waals surface area contributed by atoms with Crippen molar-refractivity contribution in [2.75, 3.05) is 0 Å². The van der Waals surface area contributed by atoms with Gasteiger partial charge in [-0.05, 0) is 56.6 Å². The van der Waals surface area contributed by atoms with E-state index in [1.54, 1.807) is 6.08 Å². The third-order valence-corrected chi connectivity index (χ3v) is 6.93. The van der Waals surface area contributed by atoms with E-state index in [4.69, 9.17) is 9.47 Å². The van der Waals surface area contributed by atoms with E-state index in [1.807, 2.05) is 44.2 Å². The summed E-state index contributed by atoms with van der Waals surface area (Å²) in [5.41, 5.74) is 0.193. The number of hydrogen-bond donors (Lipinski definition) is 0. The first kappa shape index (κ1) is 22.7. The Kier molecular flexibility index (Phi) is 7.18. The summed E-state index contributed by atoms with van der Waals surface area (Å²) in [7, 11) is 0. The fourth-order valence-corrected chi connectivity index (χ4v) is 5.50. The van der Waals surface area contributed by atoms with Crippen LogP contribution >= 0.6 is 0 Å². The van der Waals surface area contributed by atoms with Crippen molar-refractivity contribution >= 4 is 17.8 Å². The van der Waals surface area contributed by atoms with E-state index in [1.165, 1.54) is 6.08 Å². The summed E-state index contributed by atoms with van der Waals surface area (Å²) in [5, 5.41) is 0. The third-order valence-electron chi connectivity index (χ3n) is 6.93. The van der Waals surface area contributed by atoms with Gasteiger partial charge in [-0.15, -0.1) is 0 Å². The average Bonchev–Trinajstić information content (AvgIpc) is 3.21. The molecule has 4 heteroatoms. The monoisotopic (exact) mass is 412 g/mol. The number of carbonyl (C=O) groups is 2. The number of benzene rings is 1. The van der Waals surface area contributed by atoms with Crippen LogP contribution in [0.15, 0.2) is 36.4 Å². The highest BCUT2D eigenvalue weighted by molar-refractivity contribution is 5.89. The lowest BCUT2D eigenvalue weighted by Gasteiger charge is -2.37. The van der Waals surface area contributed by atoms with Crippen molar-refractivity contribution in [1.82, 2.24) is 0 Å². The Bertz CT molecular complexity index is 768. The molecule has 1 aliphatic heterocycles. The molecular formula is C26H36O4. The molecule has 1 aromatic rings. The number of Topliss-reactive ketones (excluding diaryl/α,β-unsaturated/α-hetero) is 1. The molecular weight excluding hydrogens is 376 g/mol. The smallest absolute Gasteiger partial charge is 0.331 e. The molecule has 164 valence electrons. The number of carbonyl (C=O) groups excluding carboxylic acids is 2. The van der Waals surface area contributed by atoms with E-state index < -0.39 is 5.60 Å². The second-order valence-electron chi connectivity index (χ2n) is 9.73. The van der Waals surface area contributed by atoms with Crippen molar-refractivity contribution < 1.29 is 19.1 Å². The molecule has 0 spiro atoms. The van der Waals surface area contributed by atoms with E-state index >= 15 is 0 Å². The van der Waals surface area contributed by atoms with Crippen LogP contribution in [0, 0.1) is 23.7 Å². The average molecular weight is 413 g/mol. The lowest BCUT2D eigenvalue weighted by molar-refractivity contribution is -0.154. The third kappa shape index (κ3) is 5.03.